The largest absolute Gasteiger partial charge is 0.352 e. The van der Waals surface area contributed by atoms with Crippen LogP contribution in [0.5, 0.6) is 0 Å². The number of carbonyl (C=O) groups excluding carboxylic acids is 2. The zero-order valence-electron chi connectivity index (χ0n) is 16.1. The summed E-state index contributed by atoms with van der Waals surface area (Å²) in [7, 11) is 0. The van der Waals surface area contributed by atoms with Crippen molar-refractivity contribution < 1.29 is 18.4 Å². The van der Waals surface area contributed by atoms with Crippen molar-refractivity contribution in [2.45, 2.75) is 58.5 Å². The van der Waals surface area contributed by atoms with Gasteiger partial charge in [0, 0.05) is 6.04 Å². The Balaban J connectivity index is 1.66. The van der Waals surface area contributed by atoms with Crippen LogP contribution in [0.4, 0.5) is 8.78 Å². The van der Waals surface area contributed by atoms with Crippen molar-refractivity contribution >= 4 is 11.8 Å². The van der Waals surface area contributed by atoms with Gasteiger partial charge in [0.1, 0.15) is 23.2 Å². The molecule has 0 radical (unpaired) electrons. The fraction of sp³-hybridized carbons (Fsp3) is 0.619. The summed E-state index contributed by atoms with van der Waals surface area (Å²) in [6.45, 7) is 5.61. The van der Waals surface area contributed by atoms with Crippen molar-refractivity contribution in [3.63, 3.8) is 0 Å². The maximum atomic E-state index is 13.9. The number of benzene rings is 1. The highest BCUT2D eigenvalue weighted by molar-refractivity contribution is 5.98. The molecule has 6 heteroatoms. The van der Waals surface area contributed by atoms with E-state index in [-0.39, 0.29) is 17.9 Å². The molecule has 0 aliphatic heterocycles. The van der Waals surface area contributed by atoms with Gasteiger partial charge in [-0.05, 0) is 62.0 Å². The van der Waals surface area contributed by atoms with Crippen molar-refractivity contribution in [1.82, 2.24) is 10.6 Å². The average molecular weight is 378 g/mol. The quantitative estimate of drug-likeness (QED) is 0.794. The molecule has 0 spiro atoms. The molecular formula is C21H28F2N2O2. The van der Waals surface area contributed by atoms with Gasteiger partial charge in [0.25, 0.3) is 5.91 Å². The molecule has 1 aromatic rings. The molecule has 2 saturated carbocycles. The lowest BCUT2D eigenvalue weighted by Gasteiger charge is -2.31. The highest BCUT2D eigenvalue weighted by Crippen LogP contribution is 2.49. The van der Waals surface area contributed by atoms with Crippen LogP contribution in [-0.2, 0) is 4.79 Å². The first kappa shape index (κ1) is 19.8. The molecule has 1 aromatic carbocycles. The van der Waals surface area contributed by atoms with Crippen molar-refractivity contribution in [3.8, 4) is 0 Å². The number of carbonyl (C=O) groups is 2. The number of fused-ring (bicyclic) bond motifs is 2. The molecule has 2 amide bonds. The van der Waals surface area contributed by atoms with Gasteiger partial charge in [-0.3, -0.25) is 9.59 Å². The van der Waals surface area contributed by atoms with E-state index in [9.17, 15) is 18.4 Å². The number of hydrogen-bond donors (Lipinski definition) is 2. The molecule has 0 aromatic heterocycles. The molecule has 0 saturated heterocycles. The van der Waals surface area contributed by atoms with Crippen LogP contribution in [0.1, 0.15) is 56.8 Å². The van der Waals surface area contributed by atoms with E-state index in [1.165, 1.54) is 25.3 Å². The van der Waals surface area contributed by atoms with Gasteiger partial charge in [-0.1, -0.05) is 26.3 Å². The van der Waals surface area contributed by atoms with Gasteiger partial charge in [0.05, 0.1) is 0 Å². The summed E-state index contributed by atoms with van der Waals surface area (Å²) in [5.41, 5.74) is -0.655. The minimum Gasteiger partial charge on any atom is -0.352 e. The third kappa shape index (κ3) is 4.14. The second-order valence-corrected chi connectivity index (χ2v) is 8.43. The van der Waals surface area contributed by atoms with Crippen molar-refractivity contribution in [2.75, 3.05) is 0 Å². The average Bonchev–Trinajstić information content (AvgIpc) is 3.22. The van der Waals surface area contributed by atoms with Crippen LogP contribution in [0, 0.1) is 35.3 Å². The van der Waals surface area contributed by atoms with E-state index in [0.29, 0.717) is 11.8 Å². The molecule has 5 atom stereocenters. The maximum Gasteiger partial charge on any atom is 0.257 e. The van der Waals surface area contributed by atoms with Crippen molar-refractivity contribution in [2.24, 2.45) is 23.7 Å². The van der Waals surface area contributed by atoms with Gasteiger partial charge in [-0.15, -0.1) is 0 Å². The molecule has 5 unspecified atom stereocenters. The molecule has 2 fully saturated rings. The first-order valence-corrected chi connectivity index (χ1v) is 9.83. The van der Waals surface area contributed by atoms with Crippen LogP contribution in [0.2, 0.25) is 0 Å². The Kier molecular flexibility index (Phi) is 5.82. The predicted octanol–water partition coefficient (Wildman–Crippen LogP) is 3.66. The van der Waals surface area contributed by atoms with Crippen LogP contribution < -0.4 is 10.6 Å². The Bertz CT molecular complexity index is 702. The predicted molar refractivity (Wildman–Crippen MR) is 99.0 cm³/mol. The van der Waals surface area contributed by atoms with Crippen LogP contribution >= 0.6 is 0 Å². The van der Waals surface area contributed by atoms with Crippen molar-refractivity contribution in [1.29, 1.82) is 0 Å². The van der Waals surface area contributed by atoms with E-state index in [0.717, 1.165) is 24.5 Å². The first-order chi connectivity index (χ1) is 12.8. The normalized spacial score (nSPS) is 26.1. The van der Waals surface area contributed by atoms with Gasteiger partial charge in [0.15, 0.2) is 0 Å². The van der Waals surface area contributed by atoms with Crippen LogP contribution in [0.25, 0.3) is 0 Å². The number of nitrogens with one attached hydrogen (secondary N) is 2. The number of halogens is 2. The smallest absolute Gasteiger partial charge is 0.257 e. The fourth-order valence-electron chi connectivity index (χ4n) is 4.79. The molecule has 148 valence electrons. The van der Waals surface area contributed by atoms with E-state index in [1.54, 1.807) is 13.8 Å². The Hall–Kier alpha value is -1.98. The van der Waals surface area contributed by atoms with E-state index < -0.39 is 29.1 Å². The van der Waals surface area contributed by atoms with Crippen molar-refractivity contribution in [3.05, 3.63) is 35.4 Å². The summed E-state index contributed by atoms with van der Waals surface area (Å²) in [4.78, 5) is 25.2. The highest BCUT2D eigenvalue weighted by atomic mass is 19.1. The Labute approximate surface area is 159 Å². The van der Waals surface area contributed by atoms with Crippen LogP contribution in [0.15, 0.2) is 18.2 Å². The molecule has 2 bridgehead atoms. The minimum atomic E-state index is -0.939. The second-order valence-electron chi connectivity index (χ2n) is 8.43. The summed E-state index contributed by atoms with van der Waals surface area (Å²) >= 11 is 0. The van der Waals surface area contributed by atoms with Gasteiger partial charge in [0.2, 0.25) is 5.91 Å². The van der Waals surface area contributed by atoms with E-state index >= 15 is 0 Å². The lowest BCUT2D eigenvalue weighted by molar-refractivity contribution is -0.125. The number of rotatable bonds is 6. The molecule has 0 heterocycles. The van der Waals surface area contributed by atoms with Crippen LogP contribution in [-0.4, -0.2) is 23.9 Å². The molecule has 2 aliphatic rings. The topological polar surface area (TPSA) is 58.2 Å². The number of amides is 2. The van der Waals surface area contributed by atoms with E-state index in [4.69, 9.17) is 0 Å². The summed E-state index contributed by atoms with van der Waals surface area (Å²) < 4.78 is 27.7. The molecule has 2 aliphatic carbocycles. The lowest BCUT2D eigenvalue weighted by Crippen LogP contribution is -2.53. The Morgan fingerprint density at radius 3 is 2.22 bits per heavy atom. The SMILES string of the molecule is CC(C)C(NC(=O)c1c(F)cccc1F)C(=O)NC(C)C1CC2CCC1C2. The van der Waals surface area contributed by atoms with E-state index in [2.05, 4.69) is 10.6 Å². The minimum absolute atomic E-state index is 0.0242. The molecule has 27 heavy (non-hydrogen) atoms. The number of hydrogen-bond acceptors (Lipinski definition) is 2. The zero-order chi connectivity index (χ0) is 19.7. The lowest BCUT2D eigenvalue weighted by atomic mass is 9.84. The van der Waals surface area contributed by atoms with Gasteiger partial charge in [-0.25, -0.2) is 8.78 Å². The third-order valence-electron chi connectivity index (χ3n) is 6.23. The Morgan fingerprint density at radius 1 is 1.04 bits per heavy atom. The standard InChI is InChI=1S/C21H28F2N2O2/c1-11(2)19(25-20(26)18-16(22)5-4-6-17(18)23)21(27)24-12(3)15-10-13-7-8-14(15)9-13/h4-6,11-15,19H,7-10H2,1-3H3,(H,24,27)(H,25,26). The molecule has 3 rings (SSSR count). The summed E-state index contributed by atoms with van der Waals surface area (Å²) in [6, 6.07) is 2.43. The summed E-state index contributed by atoms with van der Waals surface area (Å²) in [5, 5.41) is 5.55. The zero-order valence-corrected chi connectivity index (χ0v) is 16.1. The van der Waals surface area contributed by atoms with Gasteiger partial charge in [-0.2, -0.15) is 0 Å². The van der Waals surface area contributed by atoms with Crippen LogP contribution in [0.3, 0.4) is 0 Å². The van der Waals surface area contributed by atoms with Gasteiger partial charge < -0.3 is 10.6 Å². The summed E-state index contributed by atoms with van der Waals surface area (Å²) in [5.74, 6) is -1.38. The van der Waals surface area contributed by atoms with E-state index in [1.807, 2.05) is 6.92 Å². The maximum absolute atomic E-state index is 13.9. The van der Waals surface area contributed by atoms with Gasteiger partial charge >= 0.3 is 0 Å². The monoisotopic (exact) mass is 378 g/mol. The fourth-order valence-corrected chi connectivity index (χ4v) is 4.79. The summed E-state index contributed by atoms with van der Waals surface area (Å²) in [6.07, 6.45) is 4.92. The molecular weight excluding hydrogens is 350 g/mol. The molecule has 2 N–H and O–H groups in total. The second kappa shape index (κ2) is 7.95. The third-order valence-corrected chi connectivity index (χ3v) is 6.23. The Morgan fingerprint density at radius 2 is 1.70 bits per heavy atom. The first-order valence-electron chi connectivity index (χ1n) is 9.83. The highest BCUT2D eigenvalue weighted by Gasteiger charge is 2.42. The molecule has 4 nitrogen and oxygen atoms in total.